The van der Waals surface area contributed by atoms with E-state index in [0.717, 1.165) is 11.3 Å². The van der Waals surface area contributed by atoms with E-state index in [9.17, 15) is 9.59 Å². The van der Waals surface area contributed by atoms with Crippen molar-refractivity contribution in [3.8, 4) is 0 Å². The zero-order valence-corrected chi connectivity index (χ0v) is 17.1. The van der Waals surface area contributed by atoms with Crippen LogP contribution in [0.2, 0.25) is 0 Å². The molecule has 0 atom stereocenters. The molecule has 2 aliphatic rings. The van der Waals surface area contributed by atoms with Gasteiger partial charge in [0.05, 0.1) is 6.54 Å². The number of benzene rings is 1. The van der Waals surface area contributed by atoms with Gasteiger partial charge in [0.1, 0.15) is 11.5 Å². The minimum Gasteiger partial charge on any atom is -0.340 e. The quantitative estimate of drug-likeness (QED) is 0.857. The summed E-state index contributed by atoms with van der Waals surface area (Å²) in [6, 6.07) is 9.89. The molecule has 1 aromatic carbocycles. The van der Waals surface area contributed by atoms with Crippen molar-refractivity contribution in [1.82, 2.24) is 19.8 Å². The molecule has 4 rings (SSSR count). The van der Waals surface area contributed by atoms with Gasteiger partial charge in [0.25, 0.3) is 5.91 Å². The van der Waals surface area contributed by atoms with Gasteiger partial charge in [-0.05, 0) is 26.0 Å². The van der Waals surface area contributed by atoms with Crippen LogP contribution in [0.15, 0.2) is 30.3 Å². The Kier molecular flexibility index (Phi) is 5.08. The van der Waals surface area contributed by atoms with Gasteiger partial charge in [-0.25, -0.2) is 4.98 Å². The number of fused-ring (bicyclic) bond motifs is 1. The minimum absolute atomic E-state index is 0.0582. The van der Waals surface area contributed by atoms with Crippen LogP contribution in [0.4, 0.5) is 17.5 Å². The molecular formula is C21H26N6O2. The maximum atomic E-state index is 13.0. The molecule has 0 aliphatic carbocycles. The molecule has 0 bridgehead atoms. The highest BCUT2D eigenvalue weighted by Crippen LogP contribution is 2.32. The van der Waals surface area contributed by atoms with Crippen LogP contribution in [-0.4, -0.2) is 63.8 Å². The molecule has 8 nitrogen and oxygen atoms in total. The van der Waals surface area contributed by atoms with E-state index in [-0.39, 0.29) is 17.9 Å². The number of piperazine rings is 1. The van der Waals surface area contributed by atoms with Crippen molar-refractivity contribution in [1.29, 1.82) is 0 Å². The number of hydrogen-bond acceptors (Lipinski definition) is 6. The number of nitrogens with one attached hydrogen (secondary N) is 1. The zero-order chi connectivity index (χ0) is 20.5. The van der Waals surface area contributed by atoms with Crippen LogP contribution in [-0.2, 0) is 11.3 Å². The van der Waals surface area contributed by atoms with Crippen molar-refractivity contribution < 1.29 is 9.59 Å². The Balaban J connectivity index is 1.68. The third-order valence-electron chi connectivity index (χ3n) is 5.45. The number of rotatable bonds is 4. The first-order valence-corrected chi connectivity index (χ1v) is 9.98. The SMILES string of the molecule is CC(=O)N1CCN(c2nc(Nc3ccccc3)c3c(n2)C(=O)N(C(C)C)C3)CC1. The highest BCUT2D eigenvalue weighted by atomic mass is 16.2. The fraction of sp³-hybridized carbons (Fsp3) is 0.429. The topological polar surface area (TPSA) is 81.7 Å². The Bertz CT molecular complexity index is 922. The van der Waals surface area contributed by atoms with Gasteiger partial charge in [-0.15, -0.1) is 0 Å². The maximum absolute atomic E-state index is 13.0. The molecule has 3 heterocycles. The Labute approximate surface area is 170 Å². The number of aromatic nitrogens is 2. The molecule has 8 heteroatoms. The first-order valence-electron chi connectivity index (χ1n) is 9.98. The molecule has 152 valence electrons. The van der Waals surface area contributed by atoms with E-state index < -0.39 is 0 Å². The molecule has 1 saturated heterocycles. The molecule has 2 aliphatic heterocycles. The Morgan fingerprint density at radius 2 is 1.76 bits per heavy atom. The van der Waals surface area contributed by atoms with Crippen molar-refractivity contribution in [2.24, 2.45) is 0 Å². The van der Waals surface area contributed by atoms with Crippen LogP contribution < -0.4 is 10.2 Å². The van der Waals surface area contributed by atoms with Gasteiger partial charge in [-0.3, -0.25) is 9.59 Å². The first-order chi connectivity index (χ1) is 13.9. The molecule has 1 N–H and O–H groups in total. The fourth-order valence-corrected chi connectivity index (χ4v) is 3.72. The second kappa shape index (κ2) is 7.69. The van der Waals surface area contributed by atoms with E-state index in [1.165, 1.54) is 0 Å². The summed E-state index contributed by atoms with van der Waals surface area (Å²) in [7, 11) is 0. The maximum Gasteiger partial charge on any atom is 0.273 e. The lowest BCUT2D eigenvalue weighted by Gasteiger charge is -2.34. The average molecular weight is 394 g/mol. The van der Waals surface area contributed by atoms with E-state index in [2.05, 4.69) is 10.3 Å². The van der Waals surface area contributed by atoms with Gasteiger partial charge in [0, 0.05) is 50.4 Å². The lowest BCUT2D eigenvalue weighted by atomic mass is 10.2. The van der Waals surface area contributed by atoms with Crippen LogP contribution in [0.1, 0.15) is 36.8 Å². The molecular weight excluding hydrogens is 368 g/mol. The fourth-order valence-electron chi connectivity index (χ4n) is 3.72. The van der Waals surface area contributed by atoms with Gasteiger partial charge < -0.3 is 20.0 Å². The number of carbonyl (C=O) groups excluding carboxylic acids is 2. The summed E-state index contributed by atoms with van der Waals surface area (Å²) in [6.07, 6.45) is 0. The van der Waals surface area contributed by atoms with Gasteiger partial charge >= 0.3 is 0 Å². The molecule has 0 unspecified atom stereocenters. The standard InChI is InChI=1S/C21H26N6O2/c1-14(2)27-13-17-18(20(27)29)23-21(26-11-9-25(10-12-26)15(3)28)24-19(17)22-16-7-5-4-6-8-16/h4-8,14H,9-13H2,1-3H3,(H,22,23,24). The number of para-hydroxylation sites is 1. The molecule has 2 amide bonds. The largest absolute Gasteiger partial charge is 0.340 e. The molecule has 1 aromatic heterocycles. The molecule has 29 heavy (non-hydrogen) atoms. The predicted molar refractivity (Wildman–Crippen MR) is 111 cm³/mol. The number of amides is 2. The van der Waals surface area contributed by atoms with E-state index in [4.69, 9.17) is 4.98 Å². The minimum atomic E-state index is -0.0582. The van der Waals surface area contributed by atoms with E-state index >= 15 is 0 Å². The van der Waals surface area contributed by atoms with Crippen molar-refractivity contribution in [3.63, 3.8) is 0 Å². The molecule has 0 radical (unpaired) electrons. The third kappa shape index (κ3) is 3.74. The molecule has 0 saturated carbocycles. The second-order valence-corrected chi connectivity index (χ2v) is 7.71. The predicted octanol–water partition coefficient (Wildman–Crippen LogP) is 2.25. The zero-order valence-electron chi connectivity index (χ0n) is 17.1. The highest BCUT2D eigenvalue weighted by molar-refractivity contribution is 5.98. The van der Waals surface area contributed by atoms with E-state index in [0.29, 0.717) is 50.2 Å². The first kappa shape index (κ1) is 19.2. The normalized spacial score (nSPS) is 16.4. The Morgan fingerprint density at radius 3 is 2.38 bits per heavy atom. The van der Waals surface area contributed by atoms with Crippen molar-refractivity contribution in [2.75, 3.05) is 36.4 Å². The smallest absolute Gasteiger partial charge is 0.273 e. The summed E-state index contributed by atoms with van der Waals surface area (Å²) in [5.74, 6) is 1.22. The number of anilines is 3. The molecule has 2 aromatic rings. The number of carbonyl (C=O) groups is 2. The van der Waals surface area contributed by atoms with Gasteiger partial charge in [0.15, 0.2) is 0 Å². The lowest BCUT2D eigenvalue weighted by molar-refractivity contribution is -0.129. The monoisotopic (exact) mass is 394 g/mol. The van der Waals surface area contributed by atoms with Crippen molar-refractivity contribution in [2.45, 2.75) is 33.4 Å². The van der Waals surface area contributed by atoms with Crippen LogP contribution in [0.5, 0.6) is 0 Å². The van der Waals surface area contributed by atoms with E-state index in [1.807, 2.05) is 58.9 Å². The summed E-state index contributed by atoms with van der Waals surface area (Å²) in [6.45, 7) is 8.64. The summed E-state index contributed by atoms with van der Waals surface area (Å²) in [5.41, 5.74) is 2.21. The van der Waals surface area contributed by atoms with E-state index in [1.54, 1.807) is 6.92 Å². The van der Waals surface area contributed by atoms with Crippen molar-refractivity contribution >= 4 is 29.3 Å². The summed E-state index contributed by atoms with van der Waals surface area (Å²) >= 11 is 0. The lowest BCUT2D eigenvalue weighted by Crippen LogP contribution is -2.48. The van der Waals surface area contributed by atoms with Gasteiger partial charge in [-0.1, -0.05) is 18.2 Å². The Morgan fingerprint density at radius 1 is 1.07 bits per heavy atom. The van der Waals surface area contributed by atoms with Crippen LogP contribution in [0.25, 0.3) is 0 Å². The number of nitrogens with zero attached hydrogens (tertiary/aromatic N) is 5. The van der Waals surface area contributed by atoms with Crippen LogP contribution >= 0.6 is 0 Å². The van der Waals surface area contributed by atoms with Gasteiger partial charge in [0.2, 0.25) is 11.9 Å². The third-order valence-corrected chi connectivity index (χ3v) is 5.45. The summed E-state index contributed by atoms with van der Waals surface area (Å²) in [4.78, 5) is 39.7. The average Bonchev–Trinajstić information content (AvgIpc) is 3.06. The van der Waals surface area contributed by atoms with Crippen LogP contribution in [0, 0.1) is 0 Å². The Hall–Kier alpha value is -3.16. The highest BCUT2D eigenvalue weighted by Gasteiger charge is 2.35. The summed E-state index contributed by atoms with van der Waals surface area (Å²) < 4.78 is 0. The van der Waals surface area contributed by atoms with Gasteiger partial charge in [-0.2, -0.15) is 4.98 Å². The van der Waals surface area contributed by atoms with Crippen molar-refractivity contribution in [3.05, 3.63) is 41.6 Å². The molecule has 1 fully saturated rings. The second-order valence-electron chi connectivity index (χ2n) is 7.71. The number of hydrogen-bond donors (Lipinski definition) is 1. The summed E-state index contributed by atoms with van der Waals surface area (Å²) in [5, 5.41) is 3.37. The molecule has 0 spiro atoms. The van der Waals surface area contributed by atoms with Crippen LogP contribution in [0.3, 0.4) is 0 Å².